The van der Waals surface area contributed by atoms with Gasteiger partial charge in [-0.1, -0.05) is 0 Å². The number of rotatable bonds is 0. The van der Waals surface area contributed by atoms with Crippen LogP contribution in [-0.4, -0.2) is 32.6 Å². The molecular formula is C9H3NO2Se2. The standard InChI is InChI=1S/C9H3NO2Se2/c11-9-8-7-6-4(10(9)14(8)12)2-1-3-5(6)13-7/h1-3H. The van der Waals surface area contributed by atoms with Crippen LogP contribution in [0.3, 0.4) is 0 Å². The molecule has 3 aliphatic heterocycles. The van der Waals surface area contributed by atoms with Gasteiger partial charge >= 0.3 is 89.3 Å². The molecular weight excluding hydrogens is 312 g/mol. The Labute approximate surface area is 89.2 Å². The molecule has 14 heavy (non-hydrogen) atoms. The van der Waals surface area contributed by atoms with Gasteiger partial charge in [-0.15, -0.1) is 0 Å². The maximum absolute atomic E-state index is 11.7. The first kappa shape index (κ1) is 7.55. The van der Waals surface area contributed by atoms with Crippen LogP contribution < -0.4 is 18.9 Å². The number of benzene rings is 1. The van der Waals surface area contributed by atoms with E-state index in [1.807, 2.05) is 12.1 Å². The van der Waals surface area contributed by atoms with Crippen LogP contribution in [0.5, 0.6) is 0 Å². The fourth-order valence-electron chi connectivity index (χ4n) is 1.95. The molecule has 3 aliphatic rings. The summed E-state index contributed by atoms with van der Waals surface area (Å²) in [6.07, 6.45) is 0. The molecule has 1 aromatic heterocycles. The second-order valence-electron chi connectivity index (χ2n) is 3.26. The summed E-state index contributed by atoms with van der Waals surface area (Å²) in [4.78, 5) is 11.6. The third kappa shape index (κ3) is 0.580. The van der Waals surface area contributed by atoms with Crippen LogP contribution in [0, 0.1) is 0 Å². The predicted octanol–water partition coefficient (Wildman–Crippen LogP) is -2.04. The van der Waals surface area contributed by atoms with Crippen LogP contribution in [0.4, 0.5) is 0 Å². The maximum atomic E-state index is 11.7. The molecule has 0 radical (unpaired) electrons. The van der Waals surface area contributed by atoms with E-state index in [0.29, 0.717) is 4.46 Å². The molecule has 0 fully saturated rings. The normalized spacial score (nSPS) is 20.4. The summed E-state index contributed by atoms with van der Waals surface area (Å²) in [7, 11) is 0. The molecule has 2 bridgehead atoms. The first-order valence-electron chi connectivity index (χ1n) is 4.11. The predicted molar refractivity (Wildman–Crippen MR) is 54.7 cm³/mol. The Morgan fingerprint density at radius 1 is 1.36 bits per heavy atom. The summed E-state index contributed by atoms with van der Waals surface area (Å²) >= 11 is -1.86. The van der Waals surface area contributed by atoms with Gasteiger partial charge in [0.25, 0.3) is 0 Å². The molecule has 0 saturated heterocycles. The topological polar surface area (TPSA) is 39.1 Å². The van der Waals surface area contributed by atoms with Crippen LogP contribution in [0.2, 0.25) is 0 Å². The van der Waals surface area contributed by atoms with E-state index in [9.17, 15) is 8.63 Å². The van der Waals surface area contributed by atoms with Crippen LogP contribution in [-0.2, 0) is 3.83 Å². The van der Waals surface area contributed by atoms with Crippen molar-refractivity contribution >= 4 is 53.3 Å². The van der Waals surface area contributed by atoms with Crippen molar-refractivity contribution in [2.24, 2.45) is 0 Å². The van der Waals surface area contributed by atoms with Crippen LogP contribution >= 0.6 is 0 Å². The third-order valence-electron chi connectivity index (χ3n) is 2.59. The van der Waals surface area contributed by atoms with Gasteiger partial charge in [0.15, 0.2) is 0 Å². The summed E-state index contributed by atoms with van der Waals surface area (Å²) in [6, 6.07) is 5.94. The van der Waals surface area contributed by atoms with E-state index in [-0.39, 0.29) is 20.5 Å². The van der Waals surface area contributed by atoms with Gasteiger partial charge in [-0.25, -0.2) is 0 Å². The molecule has 0 saturated carbocycles. The van der Waals surface area contributed by atoms with Gasteiger partial charge < -0.3 is 0 Å². The molecule has 0 spiro atoms. The Bertz CT molecular complexity index is 702. The quantitative estimate of drug-likeness (QED) is 0.351. The van der Waals surface area contributed by atoms with Crippen LogP contribution in [0.15, 0.2) is 23.0 Å². The number of pyridine rings is 1. The Morgan fingerprint density at radius 3 is 3.00 bits per heavy atom. The van der Waals surface area contributed by atoms with E-state index in [1.54, 1.807) is 0 Å². The summed E-state index contributed by atoms with van der Waals surface area (Å²) < 4.78 is 16.3. The zero-order valence-electron chi connectivity index (χ0n) is 6.81. The van der Waals surface area contributed by atoms with Crippen LogP contribution in [0.1, 0.15) is 0 Å². The molecule has 0 aliphatic carbocycles. The number of hydrogen-bond acceptors (Lipinski definition) is 2. The minimum absolute atomic E-state index is 0.00812. The van der Waals surface area contributed by atoms with Gasteiger partial charge in [-0.3, -0.25) is 0 Å². The molecule has 2 aromatic rings. The summed E-state index contributed by atoms with van der Waals surface area (Å²) in [5.41, 5.74) is 0.886. The summed E-state index contributed by atoms with van der Waals surface area (Å²) in [5, 5.41) is 1.21. The van der Waals surface area contributed by atoms with Gasteiger partial charge in [-0.2, -0.15) is 0 Å². The zero-order chi connectivity index (χ0) is 9.45. The Hall–Kier alpha value is -0.731. The SMILES string of the molecule is O=c1c2c3c4c(cccc4n1[Se]2=O)[Se]3. The zero-order valence-corrected chi connectivity index (χ0v) is 10.2. The number of nitrogens with zero attached hydrogens (tertiary/aromatic N) is 1. The van der Waals surface area contributed by atoms with E-state index >= 15 is 0 Å². The second kappa shape index (κ2) is 2.10. The van der Waals surface area contributed by atoms with Gasteiger partial charge in [-0.05, 0) is 0 Å². The number of aromatic nitrogens is 1. The molecule has 4 heterocycles. The molecule has 3 nitrogen and oxygen atoms in total. The molecule has 0 N–H and O–H groups in total. The summed E-state index contributed by atoms with van der Waals surface area (Å²) in [6.45, 7) is 0. The van der Waals surface area contributed by atoms with Gasteiger partial charge in [0.1, 0.15) is 0 Å². The van der Waals surface area contributed by atoms with Crippen molar-refractivity contribution in [1.82, 2.24) is 3.58 Å². The average Bonchev–Trinajstić information content (AvgIpc) is 2.15. The Kier molecular flexibility index (Phi) is 1.13. The van der Waals surface area contributed by atoms with Crippen molar-refractivity contribution < 1.29 is 3.83 Å². The van der Waals surface area contributed by atoms with Crippen molar-refractivity contribution in [2.75, 3.05) is 0 Å². The van der Waals surface area contributed by atoms with Crippen LogP contribution in [0.25, 0.3) is 10.9 Å². The van der Waals surface area contributed by atoms with E-state index in [2.05, 4.69) is 6.07 Å². The monoisotopic (exact) mass is 317 g/mol. The van der Waals surface area contributed by atoms with Gasteiger partial charge in [0, 0.05) is 0 Å². The van der Waals surface area contributed by atoms with E-state index < -0.39 is 14.1 Å². The molecule has 0 amide bonds. The number of hydrogen-bond donors (Lipinski definition) is 0. The fraction of sp³-hybridized carbons (Fsp3) is 0. The molecule has 5 heteroatoms. The minimum atomic E-state index is -2.13. The summed E-state index contributed by atoms with van der Waals surface area (Å²) in [5.74, 6) is 0. The first-order valence-corrected chi connectivity index (χ1v) is 8.14. The van der Waals surface area contributed by atoms with Gasteiger partial charge in [0.2, 0.25) is 0 Å². The second-order valence-corrected chi connectivity index (χ2v) is 8.14. The van der Waals surface area contributed by atoms with E-state index in [0.717, 1.165) is 9.98 Å². The molecule has 5 rings (SSSR count). The first-order chi connectivity index (χ1) is 6.79. The molecule has 1 unspecified atom stereocenters. The molecule has 1 aromatic carbocycles. The van der Waals surface area contributed by atoms with E-state index in [4.69, 9.17) is 0 Å². The average molecular weight is 315 g/mol. The van der Waals surface area contributed by atoms with Crippen molar-refractivity contribution in [3.05, 3.63) is 28.6 Å². The molecule has 68 valence electrons. The fourth-order valence-corrected chi connectivity index (χ4v) is 7.67. The van der Waals surface area contributed by atoms with Gasteiger partial charge in [0.05, 0.1) is 0 Å². The molecule has 1 atom stereocenters. The Morgan fingerprint density at radius 2 is 2.21 bits per heavy atom. The third-order valence-corrected chi connectivity index (χ3v) is 8.69. The Balaban J connectivity index is 2.44. The van der Waals surface area contributed by atoms with E-state index in [1.165, 1.54) is 13.4 Å². The van der Waals surface area contributed by atoms with Crippen molar-refractivity contribution in [1.29, 1.82) is 0 Å². The van der Waals surface area contributed by atoms with Crippen molar-refractivity contribution in [3.8, 4) is 0 Å². The van der Waals surface area contributed by atoms with Crippen molar-refractivity contribution in [2.45, 2.75) is 0 Å². The van der Waals surface area contributed by atoms with Crippen molar-refractivity contribution in [3.63, 3.8) is 0 Å².